The van der Waals surface area contributed by atoms with Gasteiger partial charge in [-0.3, -0.25) is 4.99 Å². The zero-order chi connectivity index (χ0) is 15.5. The molecule has 0 atom stereocenters. The van der Waals surface area contributed by atoms with Gasteiger partial charge in [-0.05, 0) is 52.3 Å². The summed E-state index contributed by atoms with van der Waals surface area (Å²) < 4.78 is 7.12. The summed E-state index contributed by atoms with van der Waals surface area (Å²) in [6.07, 6.45) is 1.47. The molecule has 0 bridgehead atoms. The van der Waals surface area contributed by atoms with E-state index in [1.54, 1.807) is 0 Å². The minimum atomic E-state index is -0.258. The molecule has 0 saturated heterocycles. The Morgan fingerprint density at radius 3 is 2.50 bits per heavy atom. The molecule has 0 fully saturated rings. The molecular formula is C16H10Br2N2O2. The molecule has 1 heterocycles. The molecule has 0 spiro atoms. The van der Waals surface area contributed by atoms with Gasteiger partial charge in [0.25, 0.3) is 0 Å². The van der Waals surface area contributed by atoms with E-state index in [-0.39, 0.29) is 11.6 Å². The highest BCUT2D eigenvalue weighted by Gasteiger charge is 2.14. The normalized spacial score (nSPS) is 11.2. The number of nitrogens with zero attached hydrogens (tertiary/aromatic N) is 2. The van der Waals surface area contributed by atoms with Crippen LogP contribution in [-0.2, 0) is 0 Å². The number of aromatic nitrogens is 1. The minimum absolute atomic E-state index is 0.258. The summed E-state index contributed by atoms with van der Waals surface area (Å²) in [5.41, 5.74) is 1.81. The Morgan fingerprint density at radius 1 is 1.05 bits per heavy atom. The highest BCUT2D eigenvalue weighted by Crippen LogP contribution is 2.31. The summed E-state index contributed by atoms with van der Waals surface area (Å²) >= 11 is 6.79. The van der Waals surface area contributed by atoms with Crippen LogP contribution in [0.25, 0.3) is 11.5 Å². The van der Waals surface area contributed by atoms with Crippen LogP contribution < -0.4 is 0 Å². The molecule has 0 radical (unpaired) electrons. The lowest BCUT2D eigenvalue weighted by molar-refractivity contribution is 0.337. The molecule has 1 N–H and O–H groups in total. The van der Waals surface area contributed by atoms with E-state index in [9.17, 15) is 5.11 Å². The molecule has 3 rings (SSSR count). The van der Waals surface area contributed by atoms with E-state index < -0.39 is 0 Å². The fraction of sp³-hybridized carbons (Fsp3) is 0. The molecule has 1 aromatic heterocycles. The predicted molar refractivity (Wildman–Crippen MR) is 92.7 cm³/mol. The van der Waals surface area contributed by atoms with Crippen molar-refractivity contribution in [1.29, 1.82) is 0 Å². The first kappa shape index (κ1) is 15.0. The average molecular weight is 422 g/mol. The largest absolute Gasteiger partial charge is 0.479 e. The van der Waals surface area contributed by atoms with Gasteiger partial charge in [0, 0.05) is 8.95 Å². The van der Waals surface area contributed by atoms with E-state index in [0.29, 0.717) is 5.89 Å². The van der Waals surface area contributed by atoms with Crippen LogP contribution in [0.4, 0.5) is 5.69 Å². The number of rotatable bonds is 3. The van der Waals surface area contributed by atoms with Crippen molar-refractivity contribution < 1.29 is 9.52 Å². The quantitative estimate of drug-likeness (QED) is 0.582. The number of hydrogen-bond acceptors (Lipinski definition) is 4. The van der Waals surface area contributed by atoms with Crippen LogP contribution in [0.1, 0.15) is 5.69 Å². The van der Waals surface area contributed by atoms with Crippen LogP contribution in [0.15, 0.2) is 66.9 Å². The maximum absolute atomic E-state index is 9.86. The van der Waals surface area contributed by atoms with Crippen LogP contribution in [0, 0.1) is 0 Å². The van der Waals surface area contributed by atoms with Gasteiger partial charge in [0.05, 0.1) is 17.5 Å². The number of aromatic hydroxyl groups is 1. The van der Waals surface area contributed by atoms with Crippen molar-refractivity contribution >= 4 is 43.8 Å². The molecule has 0 aliphatic carbocycles. The molecule has 4 nitrogen and oxygen atoms in total. The first-order valence-corrected chi connectivity index (χ1v) is 7.96. The van der Waals surface area contributed by atoms with Gasteiger partial charge in [-0.1, -0.05) is 28.1 Å². The second-order valence-corrected chi connectivity index (χ2v) is 6.19. The third-order valence-electron chi connectivity index (χ3n) is 2.90. The van der Waals surface area contributed by atoms with E-state index in [1.165, 1.54) is 6.21 Å². The first-order chi connectivity index (χ1) is 10.6. The molecule has 0 aliphatic heterocycles. The number of benzene rings is 2. The maximum atomic E-state index is 9.86. The first-order valence-electron chi connectivity index (χ1n) is 6.38. The number of aliphatic imine (C=N–C) groups is 1. The summed E-state index contributed by atoms with van der Waals surface area (Å²) in [4.78, 5) is 8.54. The fourth-order valence-electron chi connectivity index (χ4n) is 1.82. The molecule has 110 valence electrons. The van der Waals surface area contributed by atoms with Gasteiger partial charge < -0.3 is 9.52 Å². The standard InChI is InChI=1S/C16H10Br2N2O2/c17-10-5-7-11(8-6-10)19-9-14-16(21)22-15(20-14)12-3-1-2-4-13(12)18/h1-9,21H. The number of hydrogen-bond donors (Lipinski definition) is 1. The van der Waals surface area contributed by atoms with Crippen molar-refractivity contribution in [3.8, 4) is 17.4 Å². The molecular weight excluding hydrogens is 412 g/mol. The molecule has 6 heteroatoms. The highest BCUT2D eigenvalue weighted by molar-refractivity contribution is 9.10. The van der Waals surface area contributed by atoms with E-state index in [1.807, 2.05) is 48.5 Å². The van der Waals surface area contributed by atoms with Crippen molar-refractivity contribution in [1.82, 2.24) is 4.98 Å². The van der Waals surface area contributed by atoms with Gasteiger partial charge in [-0.15, -0.1) is 0 Å². The lowest BCUT2D eigenvalue weighted by Crippen LogP contribution is -1.83. The van der Waals surface area contributed by atoms with Gasteiger partial charge in [0.1, 0.15) is 0 Å². The zero-order valence-electron chi connectivity index (χ0n) is 11.2. The lowest BCUT2D eigenvalue weighted by atomic mass is 10.2. The summed E-state index contributed by atoms with van der Waals surface area (Å²) in [7, 11) is 0. The molecule has 3 aromatic rings. The van der Waals surface area contributed by atoms with Gasteiger partial charge >= 0.3 is 5.95 Å². The summed E-state index contributed by atoms with van der Waals surface area (Å²) in [6, 6.07) is 15.0. The third kappa shape index (κ3) is 3.28. The molecule has 22 heavy (non-hydrogen) atoms. The zero-order valence-corrected chi connectivity index (χ0v) is 14.4. The lowest BCUT2D eigenvalue weighted by Gasteiger charge is -1.97. The van der Waals surface area contributed by atoms with E-state index in [0.717, 1.165) is 20.2 Å². The van der Waals surface area contributed by atoms with Gasteiger partial charge in [-0.2, -0.15) is 0 Å². The summed E-state index contributed by atoms with van der Waals surface area (Å²) in [5.74, 6) is 0.0776. The van der Waals surface area contributed by atoms with Crippen molar-refractivity contribution in [3.05, 3.63) is 63.2 Å². The Balaban J connectivity index is 1.90. The van der Waals surface area contributed by atoms with Crippen molar-refractivity contribution in [2.24, 2.45) is 4.99 Å². The molecule has 2 aromatic carbocycles. The van der Waals surface area contributed by atoms with Crippen LogP contribution in [0.3, 0.4) is 0 Å². The monoisotopic (exact) mass is 420 g/mol. The second-order valence-electron chi connectivity index (χ2n) is 4.42. The van der Waals surface area contributed by atoms with Crippen molar-refractivity contribution in [3.63, 3.8) is 0 Å². The third-order valence-corrected chi connectivity index (χ3v) is 4.12. The van der Waals surface area contributed by atoms with E-state index >= 15 is 0 Å². The Hall–Kier alpha value is -1.92. The van der Waals surface area contributed by atoms with Gasteiger partial charge in [0.2, 0.25) is 5.89 Å². The van der Waals surface area contributed by atoms with Crippen LogP contribution in [-0.4, -0.2) is 16.3 Å². The van der Waals surface area contributed by atoms with Gasteiger partial charge in [-0.25, -0.2) is 4.98 Å². The van der Waals surface area contributed by atoms with E-state index in [2.05, 4.69) is 41.8 Å². The Kier molecular flexibility index (Phi) is 4.40. The van der Waals surface area contributed by atoms with Crippen LogP contribution >= 0.6 is 31.9 Å². The minimum Gasteiger partial charge on any atom is -0.479 e. The Morgan fingerprint density at radius 2 is 1.77 bits per heavy atom. The smallest absolute Gasteiger partial charge is 0.312 e. The Labute approximate surface area is 143 Å². The topological polar surface area (TPSA) is 58.6 Å². The molecule has 0 aliphatic rings. The van der Waals surface area contributed by atoms with Crippen molar-refractivity contribution in [2.75, 3.05) is 0 Å². The predicted octanol–water partition coefficient (Wildman–Crippen LogP) is 5.32. The van der Waals surface area contributed by atoms with Gasteiger partial charge in [0.15, 0.2) is 5.69 Å². The maximum Gasteiger partial charge on any atom is 0.312 e. The fourth-order valence-corrected chi connectivity index (χ4v) is 2.54. The molecule has 0 amide bonds. The Bertz CT molecular complexity index is 826. The van der Waals surface area contributed by atoms with Crippen molar-refractivity contribution in [2.45, 2.75) is 0 Å². The summed E-state index contributed by atoms with van der Waals surface area (Å²) in [6.45, 7) is 0. The van der Waals surface area contributed by atoms with E-state index in [4.69, 9.17) is 4.42 Å². The average Bonchev–Trinajstić information content (AvgIpc) is 2.88. The second kappa shape index (κ2) is 6.46. The summed E-state index contributed by atoms with van der Waals surface area (Å²) in [5, 5.41) is 9.86. The van der Waals surface area contributed by atoms with Crippen LogP contribution in [0.5, 0.6) is 5.95 Å². The number of halogens is 2. The number of oxazole rings is 1. The SMILES string of the molecule is Oc1oc(-c2ccccc2Br)nc1C=Nc1ccc(Br)cc1. The molecule has 0 unspecified atom stereocenters. The van der Waals surface area contributed by atoms with Crippen LogP contribution in [0.2, 0.25) is 0 Å². The molecule has 0 saturated carbocycles. The highest BCUT2D eigenvalue weighted by atomic mass is 79.9.